The Labute approximate surface area is 387 Å². The Morgan fingerprint density at radius 2 is 0.879 bits per heavy atom. The summed E-state index contributed by atoms with van der Waals surface area (Å²) in [5.41, 5.74) is -1.58. The van der Waals surface area contributed by atoms with E-state index in [9.17, 15) is 41.5 Å². The lowest BCUT2D eigenvalue weighted by molar-refractivity contribution is -0.160. The Kier molecular flexibility index (Phi) is 20.1. The van der Waals surface area contributed by atoms with Crippen molar-refractivity contribution in [1.82, 2.24) is 19.6 Å². The van der Waals surface area contributed by atoms with E-state index >= 15 is 0 Å². The summed E-state index contributed by atoms with van der Waals surface area (Å²) in [6.07, 6.45) is 0.0334. The van der Waals surface area contributed by atoms with Crippen LogP contribution in [0.2, 0.25) is 0 Å². The summed E-state index contributed by atoms with van der Waals surface area (Å²) in [5, 5.41) is 0. The maximum Gasteiger partial charge on any atom is 0.320 e. The smallest absolute Gasteiger partial charge is 0.320 e. The first-order chi connectivity index (χ1) is 30.3. The van der Waals surface area contributed by atoms with Crippen molar-refractivity contribution in [1.29, 1.82) is 0 Å². The number of ether oxygens (including phenoxy) is 5. The number of halogens is 4. The number of carbonyl (C=O) groups is 5. The normalized spacial score (nSPS) is 17.0. The zero-order valence-electron chi connectivity index (χ0n) is 40.7. The van der Waals surface area contributed by atoms with Crippen molar-refractivity contribution >= 4 is 29.8 Å². The largest absolute Gasteiger partial charge is 0.459 e. The molecule has 1 aliphatic heterocycles. The number of esters is 5. The quantitative estimate of drug-likeness (QED) is 0.0689. The SMILES string of the molecule is CC(C)(C)OC(=O)CN1CCN(CC(=O)OC(C)(C)C)CCN(CC(=O)OC(C)(C)C)C(Cc2ccc(CCC(=O)Oc3c(F)c(F)cc(F)c3F)cc2)CN(CC(=O)OC(C)(C)C)CC1. The van der Waals surface area contributed by atoms with E-state index < -0.39 is 87.3 Å². The van der Waals surface area contributed by atoms with Crippen LogP contribution in [0.4, 0.5) is 17.6 Å². The number of hydrogen-bond donors (Lipinski definition) is 0. The summed E-state index contributed by atoms with van der Waals surface area (Å²) >= 11 is 0. The van der Waals surface area contributed by atoms with Gasteiger partial charge in [0.15, 0.2) is 11.6 Å². The highest BCUT2D eigenvalue weighted by atomic mass is 19.2. The van der Waals surface area contributed by atoms with Crippen LogP contribution in [0.5, 0.6) is 5.75 Å². The summed E-state index contributed by atoms with van der Waals surface area (Å²) in [4.78, 5) is 73.8. The van der Waals surface area contributed by atoms with Gasteiger partial charge in [0.1, 0.15) is 22.4 Å². The Balaban J connectivity index is 2.02. The lowest BCUT2D eigenvalue weighted by Gasteiger charge is -2.39. The van der Waals surface area contributed by atoms with E-state index in [0.29, 0.717) is 44.7 Å². The Morgan fingerprint density at radius 3 is 1.30 bits per heavy atom. The van der Waals surface area contributed by atoms with Crippen LogP contribution in [0.25, 0.3) is 0 Å². The average molecular weight is 939 g/mol. The van der Waals surface area contributed by atoms with E-state index in [1.807, 2.05) is 31.7 Å². The standard InChI is InChI=1S/C48H70F4N4O10/c1-45(2,3)63-38(58)28-53-19-20-54(29-39(59)64-46(4,5)6)23-24-56(31-41(61)66-48(10,11)12)34(27-55(22-21-53)30-40(60)65-47(7,8)9)25-33-15-13-32(14-16-33)17-18-37(57)62-44-42(51)35(49)26-36(50)43(44)52/h13-16,26,34H,17-25,27-31H2,1-12H3. The van der Waals surface area contributed by atoms with Crippen LogP contribution in [-0.4, -0.2) is 150 Å². The Bertz CT molecular complexity index is 1950. The van der Waals surface area contributed by atoms with Gasteiger partial charge in [-0.15, -0.1) is 0 Å². The highest BCUT2D eigenvalue weighted by Gasteiger charge is 2.31. The van der Waals surface area contributed by atoms with E-state index in [0.717, 1.165) is 5.56 Å². The van der Waals surface area contributed by atoms with Crippen LogP contribution in [0.1, 0.15) is 101 Å². The molecular weight excluding hydrogens is 869 g/mol. The number of benzene rings is 2. The Morgan fingerprint density at radius 1 is 0.515 bits per heavy atom. The zero-order valence-corrected chi connectivity index (χ0v) is 40.7. The van der Waals surface area contributed by atoms with Gasteiger partial charge >= 0.3 is 29.8 Å². The second-order valence-electron chi connectivity index (χ2n) is 20.5. The molecule has 3 rings (SSSR count). The van der Waals surface area contributed by atoms with Gasteiger partial charge in [0, 0.05) is 64.3 Å². The zero-order chi connectivity index (χ0) is 49.8. The lowest BCUT2D eigenvalue weighted by Crippen LogP contribution is -2.54. The van der Waals surface area contributed by atoms with Gasteiger partial charge in [-0.3, -0.25) is 43.6 Å². The van der Waals surface area contributed by atoms with E-state index in [2.05, 4.69) is 4.74 Å². The van der Waals surface area contributed by atoms with Crippen LogP contribution in [0.15, 0.2) is 30.3 Å². The molecule has 14 nitrogen and oxygen atoms in total. The lowest BCUT2D eigenvalue weighted by atomic mass is 10.0. The van der Waals surface area contributed by atoms with Gasteiger partial charge in [0.05, 0.1) is 26.2 Å². The highest BCUT2D eigenvalue weighted by molar-refractivity contribution is 5.74. The fourth-order valence-corrected chi connectivity index (χ4v) is 6.98. The first-order valence-electron chi connectivity index (χ1n) is 22.2. The van der Waals surface area contributed by atoms with Crippen molar-refractivity contribution in [2.75, 3.05) is 72.0 Å². The molecule has 1 saturated heterocycles. The minimum absolute atomic E-state index is 0.0189. The van der Waals surface area contributed by atoms with E-state index in [4.69, 9.17) is 18.9 Å². The Hall–Kier alpha value is -4.65. The van der Waals surface area contributed by atoms with Gasteiger partial charge in [-0.05, 0) is 107 Å². The third-order valence-corrected chi connectivity index (χ3v) is 9.62. The summed E-state index contributed by atoms with van der Waals surface area (Å²) in [6.45, 7) is 23.1. The molecule has 18 heteroatoms. The van der Waals surface area contributed by atoms with Crippen molar-refractivity contribution in [3.05, 3.63) is 64.7 Å². The summed E-state index contributed by atoms with van der Waals surface area (Å²) in [6, 6.07) is 6.69. The van der Waals surface area contributed by atoms with Crippen LogP contribution in [0, 0.1) is 23.3 Å². The fraction of sp³-hybridized carbons (Fsp3) is 0.646. The second-order valence-corrected chi connectivity index (χ2v) is 20.5. The maximum atomic E-state index is 14.1. The van der Waals surface area contributed by atoms with Crippen molar-refractivity contribution < 1.29 is 65.2 Å². The molecule has 66 heavy (non-hydrogen) atoms. The molecular formula is C48H70F4N4O10. The van der Waals surface area contributed by atoms with Crippen LogP contribution >= 0.6 is 0 Å². The first-order valence-corrected chi connectivity index (χ1v) is 22.2. The summed E-state index contributed by atoms with van der Waals surface area (Å²) < 4.78 is 83.2. The van der Waals surface area contributed by atoms with E-state index in [-0.39, 0.29) is 58.2 Å². The van der Waals surface area contributed by atoms with Gasteiger partial charge < -0.3 is 23.7 Å². The molecule has 0 aromatic heterocycles. The third-order valence-electron chi connectivity index (χ3n) is 9.62. The second kappa shape index (κ2) is 23.9. The van der Waals surface area contributed by atoms with Crippen molar-refractivity contribution in [2.45, 2.75) is 131 Å². The molecule has 1 heterocycles. The molecule has 1 unspecified atom stereocenters. The van der Waals surface area contributed by atoms with Gasteiger partial charge in [0.2, 0.25) is 17.4 Å². The average Bonchev–Trinajstić information content (AvgIpc) is 3.14. The number of rotatable bonds is 14. The number of nitrogens with zero attached hydrogens (tertiary/aromatic N) is 4. The molecule has 1 aliphatic rings. The molecule has 0 bridgehead atoms. The molecule has 0 amide bonds. The minimum atomic E-state index is -1.82. The molecule has 2 aromatic rings. The number of carbonyl (C=O) groups excluding carboxylic acids is 5. The van der Waals surface area contributed by atoms with E-state index in [1.165, 1.54) is 0 Å². The monoisotopic (exact) mass is 939 g/mol. The van der Waals surface area contributed by atoms with Gasteiger partial charge in [-0.1, -0.05) is 24.3 Å². The number of aryl methyl sites for hydroxylation is 1. The molecule has 0 saturated carbocycles. The molecule has 0 aliphatic carbocycles. The molecule has 1 fully saturated rings. The summed E-state index contributed by atoms with van der Waals surface area (Å²) in [7, 11) is 0. The van der Waals surface area contributed by atoms with Crippen LogP contribution < -0.4 is 4.74 Å². The predicted molar refractivity (Wildman–Crippen MR) is 238 cm³/mol. The minimum Gasteiger partial charge on any atom is -0.459 e. The predicted octanol–water partition coefficient (Wildman–Crippen LogP) is 6.28. The van der Waals surface area contributed by atoms with Crippen molar-refractivity contribution in [2.24, 2.45) is 0 Å². The molecule has 2 aromatic carbocycles. The van der Waals surface area contributed by atoms with Gasteiger partial charge in [-0.2, -0.15) is 8.78 Å². The molecule has 1 atom stereocenters. The first kappa shape index (κ1) is 55.7. The van der Waals surface area contributed by atoms with Gasteiger partial charge in [-0.25, -0.2) is 8.78 Å². The highest BCUT2D eigenvalue weighted by Crippen LogP contribution is 2.27. The molecule has 370 valence electrons. The topological polar surface area (TPSA) is 144 Å². The summed E-state index contributed by atoms with van der Waals surface area (Å²) in [5.74, 6) is -11.4. The van der Waals surface area contributed by atoms with Crippen LogP contribution in [-0.2, 0) is 55.8 Å². The van der Waals surface area contributed by atoms with Crippen LogP contribution in [0.3, 0.4) is 0 Å². The molecule has 0 spiro atoms. The van der Waals surface area contributed by atoms with Gasteiger partial charge in [0.25, 0.3) is 0 Å². The van der Waals surface area contributed by atoms with Crippen molar-refractivity contribution in [3.63, 3.8) is 0 Å². The number of hydrogen-bond acceptors (Lipinski definition) is 14. The third kappa shape index (κ3) is 21.3. The molecule has 0 radical (unpaired) electrons. The maximum absolute atomic E-state index is 14.1. The van der Waals surface area contributed by atoms with Crippen molar-refractivity contribution in [3.8, 4) is 5.75 Å². The fourth-order valence-electron chi connectivity index (χ4n) is 6.98. The molecule has 0 N–H and O–H groups in total. The van der Waals surface area contributed by atoms with E-state index in [1.54, 1.807) is 95.2 Å².